The Labute approximate surface area is 94.9 Å². The average Bonchev–Trinajstić information content (AvgIpc) is 2.70. The molecule has 1 aromatic rings. The maximum Gasteiger partial charge on any atom is 0.130 e. The van der Waals surface area contributed by atoms with Crippen LogP contribution >= 0.6 is 0 Å². The lowest BCUT2D eigenvalue weighted by molar-refractivity contribution is 0.529. The van der Waals surface area contributed by atoms with E-state index in [1.165, 1.54) is 0 Å². The molecule has 0 bridgehead atoms. The molecular weight excluding hydrogens is 208 g/mol. The van der Waals surface area contributed by atoms with Crippen LogP contribution in [0.1, 0.15) is 49.8 Å². The first kappa shape index (κ1) is 11.5. The Morgan fingerprint density at radius 2 is 2.00 bits per heavy atom. The molecule has 0 aliphatic carbocycles. The SMILES string of the molecule is CC(C)c1cc(C2CCCN2)c(F)cc1F. The van der Waals surface area contributed by atoms with E-state index in [4.69, 9.17) is 0 Å². The van der Waals surface area contributed by atoms with E-state index in [1.54, 1.807) is 6.07 Å². The summed E-state index contributed by atoms with van der Waals surface area (Å²) in [5.74, 6) is -0.781. The van der Waals surface area contributed by atoms with Crippen molar-refractivity contribution in [1.82, 2.24) is 5.32 Å². The van der Waals surface area contributed by atoms with Gasteiger partial charge in [-0.2, -0.15) is 0 Å². The van der Waals surface area contributed by atoms with Gasteiger partial charge in [-0.3, -0.25) is 0 Å². The third-order valence-corrected chi connectivity index (χ3v) is 3.17. The number of hydrogen-bond acceptors (Lipinski definition) is 1. The molecule has 1 aromatic carbocycles. The molecule has 1 unspecified atom stereocenters. The van der Waals surface area contributed by atoms with Crippen LogP contribution in [0.5, 0.6) is 0 Å². The van der Waals surface area contributed by atoms with E-state index >= 15 is 0 Å². The highest BCUT2D eigenvalue weighted by Gasteiger charge is 2.22. The minimum atomic E-state index is -0.436. The molecule has 0 aromatic heterocycles. The molecule has 1 aliphatic heterocycles. The lowest BCUT2D eigenvalue weighted by Gasteiger charge is -2.15. The highest BCUT2D eigenvalue weighted by molar-refractivity contribution is 5.31. The number of benzene rings is 1. The van der Waals surface area contributed by atoms with Crippen LogP contribution in [0.3, 0.4) is 0 Å². The summed E-state index contributed by atoms with van der Waals surface area (Å²) in [5.41, 5.74) is 1.22. The minimum absolute atomic E-state index is 0.0538. The van der Waals surface area contributed by atoms with Crippen molar-refractivity contribution in [3.05, 3.63) is 34.9 Å². The second-order valence-corrected chi connectivity index (χ2v) is 4.70. The molecule has 0 spiro atoms. The van der Waals surface area contributed by atoms with E-state index in [-0.39, 0.29) is 12.0 Å². The number of halogens is 2. The molecule has 3 heteroatoms. The van der Waals surface area contributed by atoms with Crippen LogP contribution in [0.4, 0.5) is 8.78 Å². The number of nitrogens with one attached hydrogen (secondary N) is 1. The fourth-order valence-electron chi connectivity index (χ4n) is 2.24. The van der Waals surface area contributed by atoms with Crippen molar-refractivity contribution < 1.29 is 8.78 Å². The third kappa shape index (κ3) is 2.09. The Morgan fingerprint density at radius 1 is 1.25 bits per heavy atom. The normalized spacial score (nSPS) is 20.7. The van der Waals surface area contributed by atoms with Crippen LogP contribution in [-0.2, 0) is 0 Å². The zero-order valence-corrected chi connectivity index (χ0v) is 9.69. The molecule has 0 amide bonds. The molecule has 2 rings (SSSR count). The first-order valence-corrected chi connectivity index (χ1v) is 5.82. The second-order valence-electron chi connectivity index (χ2n) is 4.70. The third-order valence-electron chi connectivity index (χ3n) is 3.17. The molecule has 1 atom stereocenters. The highest BCUT2D eigenvalue weighted by Crippen LogP contribution is 2.29. The summed E-state index contributed by atoms with van der Waals surface area (Å²) in [6.07, 6.45) is 1.98. The van der Waals surface area contributed by atoms with Crippen molar-refractivity contribution in [2.75, 3.05) is 6.54 Å². The van der Waals surface area contributed by atoms with E-state index in [2.05, 4.69) is 5.32 Å². The molecule has 1 aliphatic rings. The van der Waals surface area contributed by atoms with Gasteiger partial charge in [0.15, 0.2) is 0 Å². The van der Waals surface area contributed by atoms with E-state index in [9.17, 15) is 8.78 Å². The van der Waals surface area contributed by atoms with Crippen LogP contribution in [-0.4, -0.2) is 6.54 Å². The molecule has 0 radical (unpaired) electrons. The van der Waals surface area contributed by atoms with Gasteiger partial charge < -0.3 is 5.32 Å². The highest BCUT2D eigenvalue weighted by atomic mass is 19.1. The van der Waals surface area contributed by atoms with Crippen molar-refractivity contribution in [2.45, 2.75) is 38.6 Å². The maximum atomic E-state index is 13.7. The van der Waals surface area contributed by atoms with Gasteiger partial charge in [-0.25, -0.2) is 8.78 Å². The van der Waals surface area contributed by atoms with Crippen molar-refractivity contribution >= 4 is 0 Å². The van der Waals surface area contributed by atoms with Crippen molar-refractivity contribution in [3.8, 4) is 0 Å². The molecule has 16 heavy (non-hydrogen) atoms. The Kier molecular flexibility index (Phi) is 3.24. The molecule has 1 N–H and O–H groups in total. The molecule has 0 saturated carbocycles. The monoisotopic (exact) mass is 225 g/mol. The van der Waals surface area contributed by atoms with Crippen molar-refractivity contribution in [1.29, 1.82) is 0 Å². The predicted molar refractivity (Wildman–Crippen MR) is 60.4 cm³/mol. The number of hydrogen-bond donors (Lipinski definition) is 1. The largest absolute Gasteiger partial charge is 0.310 e. The summed E-state index contributed by atoms with van der Waals surface area (Å²) in [6.45, 7) is 4.75. The van der Waals surface area contributed by atoms with Gasteiger partial charge in [-0.15, -0.1) is 0 Å². The van der Waals surface area contributed by atoms with Gasteiger partial charge in [0, 0.05) is 17.7 Å². The zero-order valence-electron chi connectivity index (χ0n) is 9.69. The van der Waals surface area contributed by atoms with Gasteiger partial charge in [0.25, 0.3) is 0 Å². The lowest BCUT2D eigenvalue weighted by atomic mass is 9.96. The summed E-state index contributed by atoms with van der Waals surface area (Å²) in [6, 6.07) is 2.75. The van der Waals surface area contributed by atoms with Crippen molar-refractivity contribution in [2.24, 2.45) is 0 Å². The summed E-state index contributed by atoms with van der Waals surface area (Å²) in [7, 11) is 0. The van der Waals surface area contributed by atoms with Gasteiger partial charge >= 0.3 is 0 Å². The summed E-state index contributed by atoms with van der Waals surface area (Å²) in [4.78, 5) is 0. The molecule has 1 heterocycles. The Hall–Kier alpha value is -0.960. The second kappa shape index (κ2) is 4.50. The van der Waals surface area contributed by atoms with Crippen LogP contribution in [0, 0.1) is 11.6 Å². The van der Waals surface area contributed by atoms with Crippen molar-refractivity contribution in [3.63, 3.8) is 0 Å². The zero-order chi connectivity index (χ0) is 11.7. The van der Waals surface area contributed by atoms with Gasteiger partial charge in [0.1, 0.15) is 11.6 Å². The van der Waals surface area contributed by atoms with Crippen LogP contribution in [0.25, 0.3) is 0 Å². The van der Waals surface area contributed by atoms with Gasteiger partial charge in [0.2, 0.25) is 0 Å². The Morgan fingerprint density at radius 3 is 2.56 bits per heavy atom. The quantitative estimate of drug-likeness (QED) is 0.812. The Balaban J connectivity index is 2.40. The summed E-state index contributed by atoms with van der Waals surface area (Å²) >= 11 is 0. The standard InChI is InChI=1S/C13H17F2N/c1-8(2)9-6-10(12(15)7-11(9)14)13-4-3-5-16-13/h6-8,13,16H,3-5H2,1-2H3. The van der Waals surface area contributed by atoms with Gasteiger partial charge in [-0.1, -0.05) is 13.8 Å². The van der Waals surface area contributed by atoms with E-state index in [0.29, 0.717) is 11.1 Å². The smallest absolute Gasteiger partial charge is 0.130 e. The lowest BCUT2D eigenvalue weighted by Crippen LogP contribution is -2.15. The molecule has 1 fully saturated rings. The van der Waals surface area contributed by atoms with Crippen LogP contribution in [0.15, 0.2) is 12.1 Å². The first-order chi connectivity index (χ1) is 7.59. The maximum absolute atomic E-state index is 13.7. The molecule has 1 saturated heterocycles. The van der Waals surface area contributed by atoms with Gasteiger partial charge in [0.05, 0.1) is 0 Å². The molecule has 88 valence electrons. The fraction of sp³-hybridized carbons (Fsp3) is 0.538. The Bertz CT molecular complexity index is 382. The van der Waals surface area contributed by atoms with Crippen LogP contribution < -0.4 is 5.32 Å². The average molecular weight is 225 g/mol. The van der Waals surface area contributed by atoms with E-state index < -0.39 is 11.6 Å². The summed E-state index contributed by atoms with van der Waals surface area (Å²) < 4.78 is 27.2. The first-order valence-electron chi connectivity index (χ1n) is 5.82. The molecule has 1 nitrogen and oxygen atoms in total. The van der Waals surface area contributed by atoms with Crippen LogP contribution in [0.2, 0.25) is 0 Å². The minimum Gasteiger partial charge on any atom is -0.310 e. The topological polar surface area (TPSA) is 12.0 Å². The fourth-order valence-corrected chi connectivity index (χ4v) is 2.24. The number of rotatable bonds is 2. The molecular formula is C13H17F2N. The van der Waals surface area contributed by atoms with Gasteiger partial charge in [-0.05, 0) is 36.9 Å². The summed E-state index contributed by atoms with van der Waals surface area (Å²) in [5, 5.41) is 3.24. The van der Waals surface area contributed by atoms with E-state index in [1.807, 2.05) is 13.8 Å². The van der Waals surface area contributed by atoms with E-state index in [0.717, 1.165) is 25.5 Å². The predicted octanol–water partition coefficient (Wildman–Crippen LogP) is 3.51.